The van der Waals surface area contributed by atoms with Crippen molar-refractivity contribution in [3.8, 4) is 0 Å². The molecule has 0 aliphatic carbocycles. The van der Waals surface area contributed by atoms with Crippen LogP contribution < -0.4 is 10.0 Å². The fourth-order valence-corrected chi connectivity index (χ4v) is 6.07. The maximum atomic E-state index is 13.7. The molecule has 0 aliphatic heterocycles. The van der Waals surface area contributed by atoms with Crippen LogP contribution in [-0.2, 0) is 29.9 Å². The van der Waals surface area contributed by atoms with E-state index >= 15 is 0 Å². The number of rotatable bonds is 12. The van der Waals surface area contributed by atoms with Gasteiger partial charge in [-0.3, -0.25) is 9.71 Å². The van der Waals surface area contributed by atoms with Crippen molar-refractivity contribution in [1.29, 1.82) is 5.41 Å². The Morgan fingerprint density at radius 3 is 2.17 bits per heavy atom. The van der Waals surface area contributed by atoms with Crippen molar-refractivity contribution < 1.29 is 8.42 Å². The molecular formula is C29H38Cl2N6O2S. The predicted molar refractivity (Wildman–Crippen MR) is 169 cm³/mol. The van der Waals surface area contributed by atoms with Gasteiger partial charge in [0.2, 0.25) is 0 Å². The van der Waals surface area contributed by atoms with Crippen molar-refractivity contribution in [3.05, 3.63) is 89.7 Å². The number of nitrogens with two attached hydrogens (primary N) is 1. The lowest BCUT2D eigenvalue weighted by Gasteiger charge is -2.27. The Labute approximate surface area is 249 Å². The number of likely N-dealkylation sites (N-methyl/N-ethyl adjacent to an activating group) is 1. The number of hydrogen-bond donors (Lipinski definition) is 2. The molecule has 1 aromatic heterocycles. The zero-order valence-corrected chi connectivity index (χ0v) is 25.5. The van der Waals surface area contributed by atoms with Gasteiger partial charge in [0.25, 0.3) is 10.0 Å². The third-order valence-electron chi connectivity index (χ3n) is 6.99. The Morgan fingerprint density at radius 2 is 1.57 bits per heavy atom. The molecule has 0 saturated carbocycles. The fraction of sp³-hybridized carbons (Fsp3) is 0.310. The average molecular weight is 606 g/mol. The van der Waals surface area contributed by atoms with E-state index in [2.05, 4.69) is 23.3 Å². The summed E-state index contributed by atoms with van der Waals surface area (Å²) in [7, 11) is -1.76. The van der Waals surface area contributed by atoms with Crippen LogP contribution in [0.1, 0.15) is 30.8 Å². The van der Waals surface area contributed by atoms with Crippen molar-refractivity contribution in [3.63, 3.8) is 0 Å². The number of halogens is 2. The highest BCUT2D eigenvalue weighted by molar-refractivity contribution is 7.92. The van der Waals surface area contributed by atoms with Crippen LogP contribution >= 0.6 is 24.8 Å². The molecule has 0 radical (unpaired) electrons. The molecule has 0 unspecified atom stereocenters. The van der Waals surface area contributed by atoms with E-state index in [4.69, 9.17) is 16.1 Å². The molecule has 0 fully saturated rings. The third-order valence-corrected chi connectivity index (χ3v) is 8.83. The van der Waals surface area contributed by atoms with E-state index in [-0.39, 0.29) is 35.5 Å². The first kappa shape index (κ1) is 33.1. The molecule has 40 heavy (non-hydrogen) atoms. The Kier molecular flexibility index (Phi) is 12.0. The molecule has 3 aromatic carbocycles. The monoisotopic (exact) mass is 604 g/mol. The van der Waals surface area contributed by atoms with Crippen LogP contribution in [0.25, 0.3) is 11.0 Å². The van der Waals surface area contributed by atoms with Gasteiger partial charge in [-0.2, -0.15) is 0 Å². The minimum atomic E-state index is -3.75. The van der Waals surface area contributed by atoms with E-state index in [9.17, 15) is 8.42 Å². The molecule has 0 spiro atoms. The van der Waals surface area contributed by atoms with Gasteiger partial charge >= 0.3 is 0 Å². The van der Waals surface area contributed by atoms with Gasteiger partial charge in [0.1, 0.15) is 11.7 Å². The molecule has 0 aliphatic rings. The number of benzene rings is 3. The highest BCUT2D eigenvalue weighted by Gasteiger charge is 2.26. The SMILES string of the molecule is CCN(CC)CCN(c1ccc2c(c1)nc(CCc1ccc(C(=N)N)cc1)n2C)S(=O)(=O)c1ccccc1.Cl.Cl. The maximum Gasteiger partial charge on any atom is 0.264 e. The standard InChI is InChI=1S/C29H36N6O2S.2ClH/c1-4-34(5-2)19-20-35(38(36,37)25-9-7-6-8-10-25)24-16-17-27-26(21-24)32-28(33(27)3)18-13-22-11-14-23(15-12-22)29(30)31;;/h6-12,14-17,21H,4-5,13,18-20H2,1-3H3,(H3,30,31);2*1H. The van der Waals surface area contributed by atoms with Crippen molar-refractivity contribution in [1.82, 2.24) is 14.5 Å². The molecule has 4 rings (SSSR count). The molecular weight excluding hydrogens is 567 g/mol. The van der Waals surface area contributed by atoms with E-state index in [1.165, 1.54) is 4.31 Å². The molecule has 0 bridgehead atoms. The normalized spacial score (nSPS) is 11.2. The summed E-state index contributed by atoms with van der Waals surface area (Å²) in [5.41, 5.74) is 9.74. The molecule has 0 atom stereocenters. The number of imidazole rings is 1. The van der Waals surface area contributed by atoms with Crippen LogP contribution in [0.4, 0.5) is 5.69 Å². The van der Waals surface area contributed by atoms with Gasteiger partial charge in [-0.25, -0.2) is 13.4 Å². The summed E-state index contributed by atoms with van der Waals surface area (Å²) in [6.45, 7) is 6.86. The number of aryl methyl sites for hydroxylation is 3. The smallest absolute Gasteiger partial charge is 0.264 e. The highest BCUT2D eigenvalue weighted by Crippen LogP contribution is 2.28. The summed E-state index contributed by atoms with van der Waals surface area (Å²) in [6, 6.07) is 22.0. The first-order valence-corrected chi connectivity index (χ1v) is 14.4. The molecule has 1 heterocycles. The van der Waals surface area contributed by atoms with Gasteiger partial charge in [-0.15, -0.1) is 24.8 Å². The van der Waals surface area contributed by atoms with Crippen molar-refractivity contribution in [2.45, 2.75) is 31.6 Å². The summed E-state index contributed by atoms with van der Waals surface area (Å²) in [4.78, 5) is 7.37. The van der Waals surface area contributed by atoms with E-state index in [1.807, 2.05) is 55.6 Å². The minimum absolute atomic E-state index is 0. The van der Waals surface area contributed by atoms with E-state index in [0.29, 0.717) is 24.3 Å². The van der Waals surface area contributed by atoms with Crippen LogP contribution in [0.5, 0.6) is 0 Å². The van der Waals surface area contributed by atoms with Crippen LogP contribution in [-0.4, -0.2) is 54.9 Å². The molecule has 3 N–H and O–H groups in total. The molecule has 8 nitrogen and oxygen atoms in total. The number of amidine groups is 1. The zero-order chi connectivity index (χ0) is 27.3. The van der Waals surface area contributed by atoms with E-state index < -0.39 is 10.0 Å². The first-order chi connectivity index (χ1) is 18.2. The van der Waals surface area contributed by atoms with Crippen molar-refractivity contribution in [2.24, 2.45) is 12.8 Å². The molecule has 0 amide bonds. The topological polar surface area (TPSA) is 108 Å². The van der Waals surface area contributed by atoms with Crippen LogP contribution in [0.3, 0.4) is 0 Å². The van der Waals surface area contributed by atoms with Crippen LogP contribution in [0, 0.1) is 5.41 Å². The second kappa shape index (κ2) is 14.5. The van der Waals surface area contributed by atoms with E-state index in [0.717, 1.165) is 48.4 Å². The maximum absolute atomic E-state index is 13.7. The number of aromatic nitrogens is 2. The Bertz CT molecular complexity index is 1510. The molecule has 216 valence electrons. The van der Waals surface area contributed by atoms with E-state index in [1.54, 1.807) is 24.3 Å². The first-order valence-electron chi connectivity index (χ1n) is 12.9. The lowest BCUT2D eigenvalue weighted by Crippen LogP contribution is -2.38. The third kappa shape index (κ3) is 7.34. The van der Waals surface area contributed by atoms with Gasteiger partial charge in [0, 0.05) is 32.1 Å². The summed E-state index contributed by atoms with van der Waals surface area (Å²) in [6.07, 6.45) is 1.52. The highest BCUT2D eigenvalue weighted by atomic mass is 35.5. The largest absolute Gasteiger partial charge is 0.384 e. The average Bonchev–Trinajstić information content (AvgIpc) is 3.25. The summed E-state index contributed by atoms with van der Waals surface area (Å²) in [5.74, 6) is 0.983. The Hall–Kier alpha value is -3.11. The second-order valence-corrected chi connectivity index (χ2v) is 11.2. The van der Waals surface area contributed by atoms with Crippen molar-refractivity contribution in [2.75, 3.05) is 30.5 Å². The fourth-order valence-electron chi connectivity index (χ4n) is 4.60. The Balaban J connectivity index is 0.00000280. The van der Waals surface area contributed by atoms with Crippen LogP contribution in [0.15, 0.2) is 77.7 Å². The Morgan fingerprint density at radius 1 is 0.925 bits per heavy atom. The lowest BCUT2D eigenvalue weighted by atomic mass is 10.1. The van der Waals surface area contributed by atoms with Crippen LogP contribution in [0.2, 0.25) is 0 Å². The molecule has 11 heteroatoms. The lowest BCUT2D eigenvalue weighted by molar-refractivity contribution is 0.313. The quantitative estimate of drug-likeness (QED) is 0.174. The summed E-state index contributed by atoms with van der Waals surface area (Å²) in [5, 5.41) is 7.55. The molecule has 4 aromatic rings. The summed E-state index contributed by atoms with van der Waals surface area (Å²) >= 11 is 0. The number of hydrogen-bond acceptors (Lipinski definition) is 5. The van der Waals surface area contributed by atoms with Gasteiger partial charge in [0.15, 0.2) is 0 Å². The van der Waals surface area contributed by atoms with Gasteiger partial charge in [-0.05, 0) is 55.4 Å². The number of fused-ring (bicyclic) bond motifs is 1. The second-order valence-electron chi connectivity index (χ2n) is 9.29. The number of sulfonamides is 1. The van der Waals surface area contributed by atoms with Gasteiger partial charge in [0.05, 0.1) is 21.6 Å². The molecule has 0 saturated heterocycles. The zero-order valence-electron chi connectivity index (χ0n) is 23.1. The number of nitrogens with zero attached hydrogens (tertiary/aromatic N) is 4. The number of nitrogens with one attached hydrogen (secondary N) is 1. The van der Waals surface area contributed by atoms with Crippen molar-refractivity contribution >= 4 is 57.4 Å². The van der Waals surface area contributed by atoms with Gasteiger partial charge < -0.3 is 15.2 Å². The number of nitrogen functional groups attached to an aromatic ring is 1. The minimum Gasteiger partial charge on any atom is -0.384 e. The van der Waals surface area contributed by atoms with Gasteiger partial charge in [-0.1, -0.05) is 56.3 Å². The predicted octanol–water partition coefficient (Wildman–Crippen LogP) is 5.02. The number of anilines is 1. The summed E-state index contributed by atoms with van der Waals surface area (Å²) < 4.78 is 31.0.